The molecule has 1 aliphatic carbocycles. The smallest absolute Gasteiger partial charge is 0.234 e. The number of carbonyl (C=O) groups is 1. The fraction of sp³-hybridized carbons (Fsp3) is 0.917. The van der Waals surface area contributed by atoms with Crippen molar-refractivity contribution in [1.29, 1.82) is 0 Å². The molecule has 0 aromatic carbocycles. The van der Waals surface area contributed by atoms with E-state index in [-0.39, 0.29) is 16.9 Å². The molecule has 0 aromatic heterocycles. The molecule has 1 rings (SSSR count). The van der Waals surface area contributed by atoms with Gasteiger partial charge in [0.05, 0.1) is 5.25 Å². The molecule has 1 aliphatic rings. The average Bonchev–Trinajstić information content (AvgIpc) is 2.53. The van der Waals surface area contributed by atoms with Crippen LogP contribution in [0.5, 0.6) is 0 Å². The van der Waals surface area contributed by atoms with E-state index in [1.54, 1.807) is 14.1 Å². The number of nitrogens with one attached hydrogen (secondary N) is 1. The normalized spacial score (nSPS) is 27.2. The number of hydrogen-bond acceptors (Lipinski definition) is 3. The molecular formula is C12H24N2O2S. The van der Waals surface area contributed by atoms with Crippen molar-refractivity contribution >= 4 is 16.7 Å². The second-order valence-corrected chi connectivity index (χ2v) is 6.54. The predicted molar refractivity (Wildman–Crippen MR) is 71.4 cm³/mol. The Morgan fingerprint density at radius 2 is 1.94 bits per heavy atom. The quantitative estimate of drug-likeness (QED) is 0.759. The van der Waals surface area contributed by atoms with Crippen molar-refractivity contribution in [2.75, 3.05) is 26.9 Å². The van der Waals surface area contributed by atoms with Gasteiger partial charge in [-0.3, -0.25) is 9.00 Å². The average molecular weight is 260 g/mol. The van der Waals surface area contributed by atoms with Crippen molar-refractivity contribution in [2.45, 2.75) is 43.4 Å². The van der Waals surface area contributed by atoms with Crippen LogP contribution in [0.4, 0.5) is 0 Å². The summed E-state index contributed by atoms with van der Waals surface area (Å²) in [5.74, 6) is 0.123. The summed E-state index contributed by atoms with van der Waals surface area (Å²) in [7, 11) is 4.29. The minimum absolute atomic E-state index is 0.0394. The van der Waals surface area contributed by atoms with Gasteiger partial charge in [-0.05, 0) is 19.9 Å². The van der Waals surface area contributed by atoms with Crippen molar-refractivity contribution in [3.05, 3.63) is 0 Å². The third kappa shape index (κ3) is 4.39. The summed E-state index contributed by atoms with van der Waals surface area (Å²) >= 11 is 0. The Bertz CT molecular complexity index is 282. The van der Waals surface area contributed by atoms with Crippen LogP contribution >= 0.6 is 0 Å². The Hall–Kier alpha value is -0.420. The molecule has 0 radical (unpaired) electrons. The van der Waals surface area contributed by atoms with Crippen molar-refractivity contribution in [2.24, 2.45) is 0 Å². The van der Waals surface area contributed by atoms with Gasteiger partial charge in [-0.25, -0.2) is 0 Å². The Kier molecular flexibility index (Phi) is 6.12. The number of carbonyl (C=O) groups excluding carboxylic acids is 1. The first kappa shape index (κ1) is 14.6. The van der Waals surface area contributed by atoms with Gasteiger partial charge in [0.25, 0.3) is 0 Å². The molecule has 5 heteroatoms. The topological polar surface area (TPSA) is 49.4 Å². The number of hydrogen-bond donors (Lipinski definition) is 1. The molecule has 1 saturated carbocycles. The third-order valence-corrected chi connectivity index (χ3v) is 5.20. The number of nitrogens with zero attached hydrogens (tertiary/aromatic N) is 1. The maximum absolute atomic E-state index is 12.3. The first-order chi connectivity index (χ1) is 8.06. The molecule has 0 aliphatic heterocycles. The van der Waals surface area contributed by atoms with Crippen molar-refractivity contribution in [3.63, 3.8) is 0 Å². The molecule has 1 N–H and O–H groups in total. The van der Waals surface area contributed by atoms with Crippen LogP contribution < -0.4 is 5.32 Å². The van der Waals surface area contributed by atoms with Crippen molar-refractivity contribution in [1.82, 2.24) is 10.2 Å². The summed E-state index contributed by atoms with van der Waals surface area (Å²) in [6.45, 7) is 0. The minimum atomic E-state index is -1.05. The van der Waals surface area contributed by atoms with E-state index < -0.39 is 10.8 Å². The van der Waals surface area contributed by atoms with Crippen molar-refractivity contribution in [3.8, 4) is 0 Å². The zero-order valence-corrected chi connectivity index (χ0v) is 11.9. The Balaban J connectivity index is 2.60. The monoisotopic (exact) mass is 260 g/mol. The summed E-state index contributed by atoms with van der Waals surface area (Å²) in [5, 5.41) is 3.39. The van der Waals surface area contributed by atoms with E-state index in [1.807, 2.05) is 7.05 Å². The lowest BCUT2D eigenvalue weighted by Gasteiger charge is -2.24. The highest BCUT2D eigenvalue weighted by atomic mass is 32.2. The van der Waals surface area contributed by atoms with Gasteiger partial charge in [0.2, 0.25) is 5.91 Å². The summed E-state index contributed by atoms with van der Waals surface area (Å²) in [6, 6.07) is 0.299. The van der Waals surface area contributed by atoms with Crippen LogP contribution in [0, 0.1) is 0 Å². The van der Waals surface area contributed by atoms with E-state index in [1.165, 1.54) is 17.7 Å². The molecule has 0 spiro atoms. The summed E-state index contributed by atoms with van der Waals surface area (Å²) in [4.78, 5) is 13.1. The summed E-state index contributed by atoms with van der Waals surface area (Å²) in [6.07, 6.45) is 5.58. The molecule has 3 unspecified atom stereocenters. The molecule has 0 bridgehead atoms. The lowest BCUT2D eigenvalue weighted by molar-refractivity contribution is -0.125. The van der Waals surface area contributed by atoms with Crippen LogP contribution in [0.1, 0.15) is 32.1 Å². The van der Waals surface area contributed by atoms with Crippen LogP contribution in [0.25, 0.3) is 0 Å². The molecule has 0 heterocycles. The maximum atomic E-state index is 12.3. The van der Waals surface area contributed by atoms with Gasteiger partial charge in [-0.15, -0.1) is 0 Å². The summed E-state index contributed by atoms with van der Waals surface area (Å²) < 4.78 is 12.3. The van der Waals surface area contributed by atoms with Crippen LogP contribution in [-0.4, -0.2) is 53.2 Å². The van der Waals surface area contributed by atoms with E-state index in [0.29, 0.717) is 6.04 Å². The Morgan fingerprint density at radius 3 is 2.53 bits per heavy atom. The van der Waals surface area contributed by atoms with E-state index in [9.17, 15) is 9.00 Å². The number of rotatable bonds is 4. The summed E-state index contributed by atoms with van der Waals surface area (Å²) in [5.41, 5.74) is 0. The molecule has 100 valence electrons. The molecule has 0 saturated heterocycles. The van der Waals surface area contributed by atoms with Gasteiger partial charge in [0.1, 0.15) is 5.75 Å². The van der Waals surface area contributed by atoms with Crippen molar-refractivity contribution < 1.29 is 9.00 Å². The highest BCUT2D eigenvalue weighted by molar-refractivity contribution is 7.86. The largest absolute Gasteiger partial charge is 0.348 e. The second-order valence-electron chi connectivity index (χ2n) is 4.88. The SMILES string of the molecule is CNC1CCCCCC1S(=O)CC(=O)N(C)C. The van der Waals surface area contributed by atoms with E-state index in [2.05, 4.69) is 5.32 Å². The molecule has 17 heavy (non-hydrogen) atoms. The third-order valence-electron chi connectivity index (χ3n) is 3.43. The van der Waals surface area contributed by atoms with Crippen LogP contribution in [0.15, 0.2) is 0 Å². The predicted octanol–water partition coefficient (Wildman–Crippen LogP) is 0.744. The Morgan fingerprint density at radius 1 is 1.29 bits per heavy atom. The van der Waals surface area contributed by atoms with Gasteiger partial charge < -0.3 is 10.2 Å². The standard InChI is InChI=1S/C12H24N2O2S/c1-13-10-7-5-4-6-8-11(10)17(16)9-12(15)14(2)3/h10-11,13H,4-9H2,1-3H3. The molecule has 4 nitrogen and oxygen atoms in total. The van der Waals surface area contributed by atoms with E-state index in [0.717, 1.165) is 19.3 Å². The van der Waals surface area contributed by atoms with Gasteiger partial charge in [0, 0.05) is 30.9 Å². The highest BCUT2D eigenvalue weighted by Gasteiger charge is 2.28. The fourth-order valence-electron chi connectivity index (χ4n) is 2.28. The first-order valence-corrected chi connectivity index (χ1v) is 7.69. The molecule has 0 aromatic rings. The highest BCUT2D eigenvalue weighted by Crippen LogP contribution is 2.22. The molecule has 3 atom stereocenters. The van der Waals surface area contributed by atoms with Gasteiger partial charge in [-0.1, -0.05) is 19.3 Å². The van der Waals surface area contributed by atoms with E-state index >= 15 is 0 Å². The van der Waals surface area contributed by atoms with Crippen LogP contribution in [-0.2, 0) is 15.6 Å². The lowest BCUT2D eigenvalue weighted by Crippen LogP contribution is -2.42. The molecular weight excluding hydrogens is 236 g/mol. The van der Waals surface area contributed by atoms with E-state index in [4.69, 9.17) is 0 Å². The lowest BCUT2D eigenvalue weighted by atomic mass is 10.1. The number of amides is 1. The molecule has 1 amide bonds. The zero-order valence-electron chi connectivity index (χ0n) is 11.1. The second kappa shape index (κ2) is 7.11. The Labute approximate surface area is 107 Å². The van der Waals surface area contributed by atoms with Crippen LogP contribution in [0.3, 0.4) is 0 Å². The molecule has 1 fully saturated rings. The van der Waals surface area contributed by atoms with Gasteiger partial charge in [0.15, 0.2) is 0 Å². The van der Waals surface area contributed by atoms with Gasteiger partial charge >= 0.3 is 0 Å². The maximum Gasteiger partial charge on any atom is 0.234 e. The van der Waals surface area contributed by atoms with Gasteiger partial charge in [-0.2, -0.15) is 0 Å². The minimum Gasteiger partial charge on any atom is -0.348 e. The fourth-order valence-corrected chi connectivity index (χ4v) is 4.06. The van der Waals surface area contributed by atoms with Crippen LogP contribution in [0.2, 0.25) is 0 Å². The first-order valence-electron chi connectivity index (χ1n) is 6.31. The zero-order chi connectivity index (χ0) is 12.8.